The Morgan fingerprint density at radius 2 is 2.11 bits per heavy atom. The average molecular weight is 376 g/mol. The minimum Gasteiger partial charge on any atom is -0.507 e. The molecule has 2 aromatic carbocycles. The van der Waals surface area contributed by atoms with Crippen LogP contribution in [0.25, 0.3) is 22.0 Å². The first kappa shape index (κ1) is 16.0. The lowest BCUT2D eigenvalue weighted by atomic mass is 10.1. The van der Waals surface area contributed by atoms with Crippen molar-refractivity contribution < 1.29 is 5.11 Å². The van der Waals surface area contributed by atoms with Crippen LogP contribution in [0.15, 0.2) is 53.9 Å². The molecule has 0 bridgehead atoms. The van der Waals surface area contributed by atoms with E-state index in [9.17, 15) is 5.11 Å². The summed E-state index contributed by atoms with van der Waals surface area (Å²) in [6.07, 6.45) is 5.16. The molecule has 4 aromatic rings. The van der Waals surface area contributed by atoms with Gasteiger partial charge in [0.15, 0.2) is 0 Å². The lowest BCUT2D eigenvalue weighted by Gasteiger charge is -2.11. The van der Waals surface area contributed by atoms with Crippen LogP contribution in [-0.2, 0) is 7.05 Å². The fourth-order valence-corrected chi connectivity index (χ4v) is 4.08. The maximum absolute atomic E-state index is 10.7. The standard InChI is InChI=1S/C19H16N6OS/c1-25-8-12(7-23-25)11-4-15-18(16(26)5-11)19(21-9-20-15)24-13-2-3-14-17(6-13)27-10-22-14/h2-9,22,26H,10H2,1H3,(H,20,21,24). The van der Waals surface area contributed by atoms with Gasteiger partial charge in [0.05, 0.1) is 23.0 Å². The van der Waals surface area contributed by atoms with Crippen LogP contribution in [0.3, 0.4) is 0 Å². The highest BCUT2D eigenvalue weighted by Gasteiger charge is 2.14. The third kappa shape index (κ3) is 2.83. The number of aromatic nitrogens is 4. The summed E-state index contributed by atoms with van der Waals surface area (Å²) in [5, 5.41) is 22.1. The molecule has 3 heterocycles. The molecule has 134 valence electrons. The van der Waals surface area contributed by atoms with E-state index >= 15 is 0 Å². The van der Waals surface area contributed by atoms with Gasteiger partial charge in [0.25, 0.3) is 0 Å². The Labute approximate surface area is 159 Å². The van der Waals surface area contributed by atoms with Crippen molar-refractivity contribution >= 4 is 39.9 Å². The lowest BCUT2D eigenvalue weighted by Crippen LogP contribution is -1.97. The van der Waals surface area contributed by atoms with E-state index in [1.807, 2.05) is 31.4 Å². The zero-order valence-electron chi connectivity index (χ0n) is 14.5. The maximum Gasteiger partial charge on any atom is 0.145 e. The summed E-state index contributed by atoms with van der Waals surface area (Å²) in [6, 6.07) is 9.76. The quantitative estimate of drug-likeness (QED) is 0.499. The van der Waals surface area contributed by atoms with E-state index in [0.717, 1.165) is 28.4 Å². The second-order valence-electron chi connectivity index (χ2n) is 6.32. The minimum absolute atomic E-state index is 0.131. The van der Waals surface area contributed by atoms with E-state index in [-0.39, 0.29) is 5.75 Å². The summed E-state index contributed by atoms with van der Waals surface area (Å²) < 4.78 is 1.73. The Kier molecular flexibility index (Phi) is 3.64. The molecular formula is C19H16N6OS. The number of aromatic hydroxyl groups is 1. The predicted octanol–water partition coefficient (Wildman–Crippen LogP) is 3.95. The van der Waals surface area contributed by atoms with Gasteiger partial charge in [-0.1, -0.05) is 0 Å². The number of anilines is 3. The van der Waals surface area contributed by atoms with E-state index < -0.39 is 0 Å². The van der Waals surface area contributed by atoms with E-state index in [1.54, 1.807) is 28.7 Å². The van der Waals surface area contributed by atoms with Crippen LogP contribution < -0.4 is 10.6 Å². The molecule has 1 aliphatic heterocycles. The van der Waals surface area contributed by atoms with Crippen LogP contribution in [0.1, 0.15) is 0 Å². The maximum atomic E-state index is 10.7. The van der Waals surface area contributed by atoms with E-state index in [1.165, 1.54) is 11.2 Å². The van der Waals surface area contributed by atoms with Crippen LogP contribution in [0, 0.1) is 0 Å². The highest BCUT2D eigenvalue weighted by atomic mass is 32.2. The van der Waals surface area contributed by atoms with Crippen LogP contribution >= 0.6 is 11.8 Å². The van der Waals surface area contributed by atoms with Crippen molar-refractivity contribution in [3.8, 4) is 16.9 Å². The molecule has 8 heteroatoms. The van der Waals surface area contributed by atoms with Crippen LogP contribution in [0.2, 0.25) is 0 Å². The summed E-state index contributed by atoms with van der Waals surface area (Å²) in [6.45, 7) is 0. The van der Waals surface area contributed by atoms with Gasteiger partial charge in [0.1, 0.15) is 17.9 Å². The SMILES string of the molecule is Cn1cc(-c2cc(O)c3c(Nc4ccc5c(c4)SCN5)ncnc3c2)cn1. The number of rotatable bonds is 3. The second kappa shape index (κ2) is 6.17. The van der Waals surface area contributed by atoms with Gasteiger partial charge < -0.3 is 15.7 Å². The topological polar surface area (TPSA) is 87.9 Å². The molecule has 3 N–H and O–H groups in total. The number of nitrogens with one attached hydrogen (secondary N) is 2. The average Bonchev–Trinajstić information content (AvgIpc) is 3.30. The number of thioether (sulfide) groups is 1. The van der Waals surface area contributed by atoms with Gasteiger partial charge >= 0.3 is 0 Å². The zero-order valence-corrected chi connectivity index (χ0v) is 15.3. The lowest BCUT2D eigenvalue weighted by molar-refractivity contribution is 0.482. The Hall–Kier alpha value is -3.26. The van der Waals surface area contributed by atoms with Gasteiger partial charge in [-0.2, -0.15) is 5.10 Å². The molecule has 0 saturated heterocycles. The van der Waals surface area contributed by atoms with Crippen molar-refractivity contribution in [1.29, 1.82) is 0 Å². The van der Waals surface area contributed by atoms with Crippen molar-refractivity contribution in [3.63, 3.8) is 0 Å². The van der Waals surface area contributed by atoms with Crippen LogP contribution in [-0.4, -0.2) is 30.7 Å². The molecule has 0 radical (unpaired) electrons. The van der Waals surface area contributed by atoms with E-state index in [2.05, 4.69) is 31.8 Å². The molecule has 0 fully saturated rings. The molecule has 0 atom stereocenters. The first-order chi connectivity index (χ1) is 13.2. The third-order valence-electron chi connectivity index (χ3n) is 4.49. The van der Waals surface area contributed by atoms with Crippen molar-refractivity contribution in [2.24, 2.45) is 7.05 Å². The molecule has 0 aliphatic carbocycles. The molecule has 0 unspecified atom stereocenters. The summed E-state index contributed by atoms with van der Waals surface area (Å²) in [5.41, 5.74) is 4.51. The van der Waals surface area contributed by atoms with E-state index in [0.29, 0.717) is 16.7 Å². The summed E-state index contributed by atoms with van der Waals surface area (Å²) in [5.74, 6) is 1.59. The number of benzene rings is 2. The fraction of sp³-hybridized carbons (Fsp3) is 0.105. The van der Waals surface area contributed by atoms with Gasteiger partial charge in [0, 0.05) is 35.1 Å². The molecule has 0 spiro atoms. The number of hydrogen-bond acceptors (Lipinski definition) is 7. The number of phenolic OH excluding ortho intramolecular Hbond substituents is 1. The molecule has 7 nitrogen and oxygen atoms in total. The van der Waals surface area contributed by atoms with Gasteiger partial charge in [-0.25, -0.2) is 9.97 Å². The van der Waals surface area contributed by atoms with Gasteiger partial charge in [0.2, 0.25) is 0 Å². The second-order valence-corrected chi connectivity index (χ2v) is 7.33. The highest BCUT2D eigenvalue weighted by Crippen LogP contribution is 2.38. The molecule has 5 rings (SSSR count). The Balaban J connectivity index is 1.57. The van der Waals surface area contributed by atoms with Crippen molar-refractivity contribution in [2.45, 2.75) is 4.90 Å². The number of nitrogens with zero attached hydrogens (tertiary/aromatic N) is 4. The van der Waals surface area contributed by atoms with E-state index in [4.69, 9.17) is 0 Å². The fourth-order valence-electron chi connectivity index (χ4n) is 3.20. The number of phenols is 1. The molecule has 0 saturated carbocycles. The third-order valence-corrected chi connectivity index (χ3v) is 5.43. The Morgan fingerprint density at radius 3 is 2.96 bits per heavy atom. The molecular weight excluding hydrogens is 360 g/mol. The normalized spacial score (nSPS) is 12.8. The summed E-state index contributed by atoms with van der Waals surface area (Å²) in [7, 11) is 1.86. The van der Waals surface area contributed by atoms with Crippen LogP contribution in [0.4, 0.5) is 17.2 Å². The van der Waals surface area contributed by atoms with Gasteiger partial charge in [-0.15, -0.1) is 11.8 Å². The molecule has 27 heavy (non-hydrogen) atoms. The largest absolute Gasteiger partial charge is 0.507 e. The molecule has 2 aromatic heterocycles. The first-order valence-electron chi connectivity index (χ1n) is 8.42. The molecule has 1 aliphatic rings. The predicted molar refractivity (Wildman–Crippen MR) is 107 cm³/mol. The van der Waals surface area contributed by atoms with Crippen molar-refractivity contribution in [1.82, 2.24) is 19.7 Å². The number of hydrogen-bond donors (Lipinski definition) is 3. The molecule has 0 amide bonds. The monoisotopic (exact) mass is 376 g/mol. The van der Waals surface area contributed by atoms with Crippen LogP contribution in [0.5, 0.6) is 5.75 Å². The Bertz CT molecular complexity index is 1170. The number of aryl methyl sites for hydroxylation is 1. The zero-order chi connectivity index (χ0) is 18.4. The Morgan fingerprint density at radius 1 is 1.19 bits per heavy atom. The minimum atomic E-state index is 0.131. The smallest absolute Gasteiger partial charge is 0.145 e. The summed E-state index contributed by atoms with van der Waals surface area (Å²) in [4.78, 5) is 9.88. The van der Waals surface area contributed by atoms with Gasteiger partial charge in [-0.3, -0.25) is 4.68 Å². The van der Waals surface area contributed by atoms with Crippen molar-refractivity contribution in [2.75, 3.05) is 16.5 Å². The number of fused-ring (bicyclic) bond motifs is 2. The highest BCUT2D eigenvalue weighted by molar-refractivity contribution is 7.99. The van der Waals surface area contributed by atoms with Crippen molar-refractivity contribution in [3.05, 3.63) is 49.1 Å². The summed E-state index contributed by atoms with van der Waals surface area (Å²) >= 11 is 1.76. The van der Waals surface area contributed by atoms with Gasteiger partial charge in [-0.05, 0) is 35.9 Å². The first-order valence-corrected chi connectivity index (χ1v) is 9.40.